The average molecular weight is 740 g/mol. The van der Waals surface area contributed by atoms with Gasteiger partial charge in [0.2, 0.25) is 0 Å². The monoisotopic (exact) mass is 740 g/mol. The Morgan fingerprint density at radius 3 is 0.775 bits per heavy atom. The zero-order valence-electron chi connectivity index (χ0n) is 18.1. The molecule has 0 radical (unpaired) electrons. The first-order chi connectivity index (χ1) is 17.3. The molecule has 0 bridgehead atoms. The van der Waals surface area contributed by atoms with E-state index in [1.165, 1.54) is 0 Å². The third kappa shape index (κ3) is 14.5. The molecule has 1 saturated carbocycles. The summed E-state index contributed by atoms with van der Waals surface area (Å²) >= 11 is 0. The SMILES string of the molecule is O=P(O)(O)OC1[C@@H](OP(=O)(O)O)[C@H](OP(=O)(O)OP(=O)(O)O)C(O)[C@@H](OP(=O)(O)OP(=O)(O)O)[C@H]1OP(=O)(O)O. The van der Waals surface area contributed by atoms with Crippen LogP contribution in [0.15, 0.2) is 0 Å². The van der Waals surface area contributed by atoms with E-state index >= 15 is 0 Å². The van der Waals surface area contributed by atoms with Crippen molar-refractivity contribution in [2.75, 3.05) is 0 Å². The molecule has 1 aliphatic carbocycles. The van der Waals surface area contributed by atoms with Crippen molar-refractivity contribution in [3.63, 3.8) is 0 Å². The van der Waals surface area contributed by atoms with Gasteiger partial charge in [0, 0.05) is 0 Å². The molecule has 0 saturated heterocycles. The van der Waals surface area contributed by atoms with E-state index in [2.05, 4.69) is 31.2 Å². The van der Waals surface area contributed by atoms with Crippen molar-refractivity contribution in [2.45, 2.75) is 36.6 Å². The summed E-state index contributed by atoms with van der Waals surface area (Å²) in [6.07, 6.45) is -19.5. The molecule has 0 spiro atoms. The number of aliphatic hydroxyl groups is 1. The van der Waals surface area contributed by atoms with E-state index in [0.29, 0.717) is 0 Å². The Morgan fingerprint density at radius 2 is 0.575 bits per heavy atom. The zero-order chi connectivity index (χ0) is 31.9. The minimum absolute atomic E-state index is 3.22. The van der Waals surface area contributed by atoms with E-state index in [4.69, 9.17) is 19.6 Å². The minimum Gasteiger partial charge on any atom is -0.387 e. The lowest BCUT2D eigenvalue weighted by molar-refractivity contribution is -0.205. The van der Waals surface area contributed by atoms with Crippen molar-refractivity contribution < 1.29 is 127 Å². The molecule has 0 amide bonds. The highest BCUT2D eigenvalue weighted by Crippen LogP contribution is 2.63. The van der Waals surface area contributed by atoms with Crippen molar-refractivity contribution in [3.8, 4) is 0 Å². The fraction of sp³-hybridized carbons (Fsp3) is 1.00. The molecule has 1 fully saturated rings. The summed E-state index contributed by atoms with van der Waals surface area (Å²) in [5.41, 5.74) is 0. The van der Waals surface area contributed by atoms with Gasteiger partial charge < -0.3 is 63.8 Å². The van der Waals surface area contributed by atoms with Gasteiger partial charge in [-0.25, -0.2) is 32.0 Å². The van der Waals surface area contributed by atoms with E-state index in [0.717, 1.165) is 0 Å². The van der Waals surface area contributed by atoms with Crippen LogP contribution < -0.4 is 0 Å². The minimum atomic E-state index is -6.32. The van der Waals surface area contributed by atoms with Crippen LogP contribution in [0.5, 0.6) is 0 Å². The van der Waals surface area contributed by atoms with Gasteiger partial charge >= 0.3 is 54.8 Å². The zero-order valence-corrected chi connectivity index (χ0v) is 24.4. The van der Waals surface area contributed by atoms with E-state index < -0.39 is 91.4 Å². The third-order valence-electron chi connectivity index (χ3n) is 3.67. The molecule has 0 aromatic rings. The second-order valence-electron chi connectivity index (χ2n) is 6.89. The highest BCUT2D eigenvalue weighted by atomic mass is 31.3. The lowest BCUT2D eigenvalue weighted by Gasteiger charge is -2.47. The number of hydrogen-bond donors (Lipinski definition) is 13. The Balaban J connectivity index is 3.92. The highest BCUT2D eigenvalue weighted by Gasteiger charge is 2.61. The summed E-state index contributed by atoms with van der Waals surface area (Å²) in [6, 6.07) is 0. The summed E-state index contributed by atoms with van der Waals surface area (Å²) in [7, 11) is -42.9. The van der Waals surface area contributed by atoms with Crippen molar-refractivity contribution in [3.05, 3.63) is 0 Å². The molecule has 1 aliphatic rings. The Labute approximate surface area is 219 Å². The van der Waals surface area contributed by atoms with Gasteiger partial charge in [0.1, 0.15) is 36.6 Å². The fourth-order valence-corrected chi connectivity index (χ4v) is 8.07. The molecule has 0 aliphatic heterocycles. The summed E-state index contributed by atoms with van der Waals surface area (Å²) in [6.45, 7) is 0. The van der Waals surface area contributed by atoms with Crippen LogP contribution in [-0.2, 0) is 63.2 Å². The van der Waals surface area contributed by atoms with Crippen molar-refractivity contribution >= 4 is 54.8 Å². The topological polar surface area (TPSA) is 447 Å². The van der Waals surface area contributed by atoms with Crippen LogP contribution in [0.2, 0.25) is 0 Å². The number of phosphoric ester groups is 5. The van der Waals surface area contributed by atoms with Crippen molar-refractivity contribution in [2.24, 2.45) is 0 Å². The molecule has 4 unspecified atom stereocenters. The predicted molar refractivity (Wildman–Crippen MR) is 112 cm³/mol. The normalized spacial score (nSPS) is 30.4. The summed E-state index contributed by atoms with van der Waals surface area (Å²) in [4.78, 5) is 109. The molecular formula is C6H19O27P7. The Hall–Kier alpha value is 0.810. The van der Waals surface area contributed by atoms with Gasteiger partial charge in [-0.3, -0.25) is 22.6 Å². The Morgan fingerprint density at radius 1 is 0.350 bits per heavy atom. The first-order valence-electron chi connectivity index (χ1n) is 8.76. The van der Waals surface area contributed by atoms with E-state index in [-0.39, 0.29) is 0 Å². The van der Waals surface area contributed by atoms with Gasteiger partial charge in [-0.1, -0.05) is 0 Å². The van der Waals surface area contributed by atoms with Gasteiger partial charge in [-0.2, -0.15) is 8.62 Å². The summed E-state index contributed by atoms with van der Waals surface area (Å²) in [5, 5.41) is 10.6. The Bertz CT molecular complexity index is 1140. The smallest absolute Gasteiger partial charge is 0.387 e. The van der Waals surface area contributed by atoms with Gasteiger partial charge in [-0.15, -0.1) is 0 Å². The standard InChI is InChI=1S/C6H19O27P7/c7-1-2(30-39(23,24)32-37(17,18)19)4(27-34(8,9)10)6(29-36(14,15)16)5(28-35(11,12)13)3(1)31-40(25,26)33-38(20,21)22/h1-7H,(H,23,24)(H,25,26)(H2,8,9,10)(H2,11,12,13)(H2,14,15,16)(H2,17,18,19)(H2,20,21,22)/t1?,2-,3-,4-,5+,6?/m1/s1. The van der Waals surface area contributed by atoms with Crippen LogP contribution >= 0.6 is 54.8 Å². The highest BCUT2D eigenvalue weighted by molar-refractivity contribution is 7.61. The van der Waals surface area contributed by atoms with Crippen LogP contribution in [0.1, 0.15) is 0 Å². The molecule has 40 heavy (non-hydrogen) atoms. The van der Waals surface area contributed by atoms with Gasteiger partial charge in [0.05, 0.1) is 0 Å². The first kappa shape index (κ1) is 38.8. The molecule has 1 rings (SSSR count). The number of phosphoric acid groups is 7. The fourth-order valence-electron chi connectivity index (χ4n) is 2.83. The van der Waals surface area contributed by atoms with Crippen LogP contribution in [0.25, 0.3) is 0 Å². The molecule has 8 atom stereocenters. The Kier molecular flexibility index (Phi) is 12.7. The lowest BCUT2D eigenvalue weighted by Crippen LogP contribution is -2.66. The molecular weight excluding hydrogens is 721 g/mol. The maximum atomic E-state index is 12.1. The molecule has 240 valence electrons. The predicted octanol–water partition coefficient (Wildman–Crippen LogP) is -3.02. The summed E-state index contributed by atoms with van der Waals surface area (Å²) in [5.74, 6) is 0. The van der Waals surface area contributed by atoms with E-state index in [1.54, 1.807) is 0 Å². The number of rotatable bonds is 14. The molecule has 27 nitrogen and oxygen atoms in total. The average Bonchev–Trinajstić information content (AvgIpc) is 2.57. The van der Waals surface area contributed by atoms with Crippen molar-refractivity contribution in [1.82, 2.24) is 0 Å². The van der Waals surface area contributed by atoms with Crippen LogP contribution in [-0.4, -0.2) is 100 Å². The van der Waals surface area contributed by atoms with Gasteiger partial charge in [0.25, 0.3) is 0 Å². The van der Waals surface area contributed by atoms with Gasteiger partial charge in [-0.05, 0) is 0 Å². The second-order valence-corrected chi connectivity index (χ2v) is 16.0. The lowest BCUT2D eigenvalue weighted by atomic mass is 9.85. The third-order valence-corrected chi connectivity index (χ3v) is 9.60. The number of hydrogen-bond acceptors (Lipinski definition) is 15. The van der Waals surface area contributed by atoms with E-state index in [9.17, 15) is 76.2 Å². The first-order valence-corrected chi connectivity index (χ1v) is 19.4. The molecule has 34 heteroatoms. The molecule has 13 N–H and O–H groups in total. The van der Waals surface area contributed by atoms with Crippen LogP contribution in [0.4, 0.5) is 0 Å². The van der Waals surface area contributed by atoms with E-state index in [1.807, 2.05) is 0 Å². The number of aliphatic hydroxyl groups excluding tert-OH is 1. The maximum Gasteiger partial charge on any atom is 0.481 e. The van der Waals surface area contributed by atoms with Crippen LogP contribution in [0.3, 0.4) is 0 Å². The largest absolute Gasteiger partial charge is 0.481 e. The maximum absolute atomic E-state index is 12.1. The van der Waals surface area contributed by atoms with Gasteiger partial charge in [0.15, 0.2) is 0 Å². The quantitative estimate of drug-likeness (QED) is 0.0788. The molecule has 0 aromatic carbocycles. The van der Waals surface area contributed by atoms with Crippen molar-refractivity contribution in [1.29, 1.82) is 0 Å². The molecule has 0 heterocycles. The second kappa shape index (κ2) is 13.0. The summed E-state index contributed by atoms with van der Waals surface area (Å²) < 4.78 is 108. The van der Waals surface area contributed by atoms with Crippen LogP contribution in [0, 0.1) is 0 Å². The molecule has 0 aromatic heterocycles.